The second kappa shape index (κ2) is 5.80. The fourth-order valence-electron chi connectivity index (χ4n) is 5.15. The molecule has 1 aromatic carbocycles. The van der Waals surface area contributed by atoms with Crippen LogP contribution < -0.4 is 10.6 Å². The predicted molar refractivity (Wildman–Crippen MR) is 91.2 cm³/mol. The lowest BCUT2D eigenvalue weighted by Gasteiger charge is -2.54. The van der Waals surface area contributed by atoms with Crippen molar-refractivity contribution in [1.82, 2.24) is 5.32 Å². The minimum absolute atomic E-state index is 0.0330. The molecule has 4 saturated carbocycles. The second-order valence-corrected chi connectivity index (χ2v) is 8.16. The highest BCUT2D eigenvalue weighted by molar-refractivity contribution is 7.98. The predicted octanol–water partition coefficient (Wildman–Crippen LogP) is 4.35. The first-order valence-electron chi connectivity index (χ1n) is 8.43. The van der Waals surface area contributed by atoms with Gasteiger partial charge < -0.3 is 10.6 Å². The Hall–Kier alpha value is -1.16. The molecular formula is C18H24N2OS. The van der Waals surface area contributed by atoms with Crippen LogP contribution in [0.5, 0.6) is 0 Å². The van der Waals surface area contributed by atoms with Crippen molar-refractivity contribution in [3.8, 4) is 0 Å². The van der Waals surface area contributed by atoms with Crippen molar-refractivity contribution in [1.29, 1.82) is 0 Å². The molecule has 4 aliphatic rings. The molecule has 2 amide bonds. The summed E-state index contributed by atoms with van der Waals surface area (Å²) in [4.78, 5) is 13.5. The Morgan fingerprint density at radius 1 is 1.00 bits per heavy atom. The van der Waals surface area contributed by atoms with Crippen molar-refractivity contribution >= 4 is 23.5 Å². The van der Waals surface area contributed by atoms with Crippen molar-refractivity contribution in [2.75, 3.05) is 11.6 Å². The normalized spacial score (nSPS) is 35.4. The third-order valence-corrected chi connectivity index (χ3v) is 6.62. The van der Waals surface area contributed by atoms with Gasteiger partial charge in [0.2, 0.25) is 0 Å². The van der Waals surface area contributed by atoms with Crippen LogP contribution >= 0.6 is 11.8 Å². The first kappa shape index (κ1) is 14.4. The van der Waals surface area contributed by atoms with Gasteiger partial charge in [0.25, 0.3) is 0 Å². The standard InChI is InChI=1S/C18H24N2OS/c1-22-16-4-2-15(3-5-16)19-18(21)20-17-13-7-11-6-12(9-13)10-14(17)8-11/h2-5,11-14,17H,6-10H2,1H3,(H2,19,20,21). The number of nitrogens with one attached hydrogen (secondary N) is 2. The zero-order valence-electron chi connectivity index (χ0n) is 13.0. The third kappa shape index (κ3) is 2.73. The summed E-state index contributed by atoms with van der Waals surface area (Å²) in [5, 5.41) is 6.28. The molecule has 0 spiro atoms. The second-order valence-electron chi connectivity index (χ2n) is 7.28. The molecule has 0 heterocycles. The minimum atomic E-state index is -0.0330. The monoisotopic (exact) mass is 316 g/mol. The molecule has 3 nitrogen and oxygen atoms in total. The van der Waals surface area contributed by atoms with Gasteiger partial charge in [0.05, 0.1) is 0 Å². The Kier molecular flexibility index (Phi) is 3.81. The largest absolute Gasteiger partial charge is 0.335 e. The number of benzene rings is 1. The van der Waals surface area contributed by atoms with E-state index >= 15 is 0 Å². The highest BCUT2D eigenvalue weighted by atomic mass is 32.2. The van der Waals surface area contributed by atoms with Crippen LogP contribution in [0, 0.1) is 23.7 Å². The van der Waals surface area contributed by atoms with Gasteiger partial charge in [0.1, 0.15) is 0 Å². The summed E-state index contributed by atoms with van der Waals surface area (Å²) < 4.78 is 0. The average molecular weight is 316 g/mol. The van der Waals surface area contributed by atoms with Crippen LogP contribution in [0.1, 0.15) is 32.1 Å². The Morgan fingerprint density at radius 3 is 2.14 bits per heavy atom. The molecule has 0 aliphatic heterocycles. The number of carbonyl (C=O) groups is 1. The topological polar surface area (TPSA) is 41.1 Å². The molecule has 4 aliphatic carbocycles. The van der Waals surface area contributed by atoms with Gasteiger partial charge in [-0.2, -0.15) is 0 Å². The molecule has 118 valence electrons. The quantitative estimate of drug-likeness (QED) is 0.814. The molecule has 0 atom stereocenters. The zero-order valence-corrected chi connectivity index (χ0v) is 13.9. The first-order valence-corrected chi connectivity index (χ1v) is 9.65. The number of carbonyl (C=O) groups excluding carboxylic acids is 1. The lowest BCUT2D eigenvalue weighted by atomic mass is 9.54. The number of anilines is 1. The molecule has 2 N–H and O–H groups in total. The van der Waals surface area contributed by atoms with E-state index in [1.165, 1.54) is 37.0 Å². The summed E-state index contributed by atoms with van der Waals surface area (Å²) >= 11 is 1.71. The van der Waals surface area contributed by atoms with E-state index in [0.717, 1.165) is 29.4 Å². The number of hydrogen-bond acceptors (Lipinski definition) is 2. The summed E-state index contributed by atoms with van der Waals surface area (Å²) in [5.41, 5.74) is 0.874. The van der Waals surface area contributed by atoms with Gasteiger partial charge in [0, 0.05) is 16.6 Å². The number of rotatable bonds is 3. The summed E-state index contributed by atoms with van der Waals surface area (Å²) in [7, 11) is 0. The number of thioether (sulfide) groups is 1. The number of hydrogen-bond donors (Lipinski definition) is 2. The molecule has 0 unspecified atom stereocenters. The van der Waals surface area contributed by atoms with Crippen molar-refractivity contribution < 1.29 is 4.79 Å². The first-order chi connectivity index (χ1) is 10.7. The lowest BCUT2D eigenvalue weighted by Crippen LogP contribution is -2.56. The molecule has 5 rings (SSSR count). The Bertz CT molecular complexity index is 529. The van der Waals surface area contributed by atoms with Crippen LogP contribution in [0.4, 0.5) is 10.5 Å². The van der Waals surface area contributed by atoms with E-state index < -0.39 is 0 Å². The summed E-state index contributed by atoms with van der Waals surface area (Å²) in [6, 6.07) is 8.41. The van der Waals surface area contributed by atoms with Gasteiger partial charge in [-0.1, -0.05) is 0 Å². The highest BCUT2D eigenvalue weighted by Crippen LogP contribution is 2.53. The summed E-state index contributed by atoms with van der Waals surface area (Å²) in [6.45, 7) is 0. The van der Waals surface area contributed by atoms with E-state index in [-0.39, 0.29) is 6.03 Å². The number of urea groups is 1. The maximum atomic E-state index is 12.3. The van der Waals surface area contributed by atoms with Crippen LogP contribution in [-0.2, 0) is 0 Å². The van der Waals surface area contributed by atoms with Crippen molar-refractivity contribution in [2.45, 2.75) is 43.0 Å². The Balaban J connectivity index is 1.37. The molecule has 1 aromatic rings. The van der Waals surface area contributed by atoms with E-state index in [0.29, 0.717) is 6.04 Å². The Labute approximate surface area is 136 Å². The van der Waals surface area contributed by atoms with Gasteiger partial charge in [-0.3, -0.25) is 0 Å². The van der Waals surface area contributed by atoms with Gasteiger partial charge in [-0.25, -0.2) is 4.79 Å². The molecular weight excluding hydrogens is 292 g/mol. The van der Waals surface area contributed by atoms with Gasteiger partial charge in [-0.15, -0.1) is 11.8 Å². The fourth-order valence-corrected chi connectivity index (χ4v) is 5.56. The Morgan fingerprint density at radius 2 is 1.59 bits per heavy atom. The van der Waals surface area contributed by atoms with Crippen molar-refractivity contribution in [3.63, 3.8) is 0 Å². The summed E-state index contributed by atoms with van der Waals surface area (Å²) in [6.07, 6.45) is 8.84. The van der Waals surface area contributed by atoms with E-state index in [4.69, 9.17) is 0 Å². The molecule has 0 aromatic heterocycles. The maximum absolute atomic E-state index is 12.3. The fraction of sp³-hybridized carbons (Fsp3) is 0.611. The van der Waals surface area contributed by atoms with Crippen LogP contribution in [-0.4, -0.2) is 18.3 Å². The lowest BCUT2D eigenvalue weighted by molar-refractivity contribution is -0.00883. The van der Waals surface area contributed by atoms with Crippen molar-refractivity contribution in [2.24, 2.45) is 23.7 Å². The van der Waals surface area contributed by atoms with Crippen LogP contribution in [0.15, 0.2) is 29.2 Å². The van der Waals surface area contributed by atoms with Gasteiger partial charge >= 0.3 is 6.03 Å². The SMILES string of the molecule is CSc1ccc(NC(=O)NC2C3CC4CC(C3)CC2C4)cc1. The van der Waals surface area contributed by atoms with Crippen molar-refractivity contribution in [3.05, 3.63) is 24.3 Å². The maximum Gasteiger partial charge on any atom is 0.319 e. The highest BCUT2D eigenvalue weighted by Gasteiger charge is 2.48. The number of amides is 2. The molecule has 0 saturated heterocycles. The molecule has 4 bridgehead atoms. The van der Waals surface area contributed by atoms with Crippen LogP contribution in [0.25, 0.3) is 0 Å². The van der Waals surface area contributed by atoms with Crippen LogP contribution in [0.2, 0.25) is 0 Å². The van der Waals surface area contributed by atoms with Gasteiger partial charge in [-0.05, 0) is 86.3 Å². The minimum Gasteiger partial charge on any atom is -0.335 e. The van der Waals surface area contributed by atoms with E-state index in [1.807, 2.05) is 24.3 Å². The molecule has 0 radical (unpaired) electrons. The molecule has 22 heavy (non-hydrogen) atoms. The van der Waals surface area contributed by atoms with Gasteiger partial charge in [0.15, 0.2) is 0 Å². The smallest absolute Gasteiger partial charge is 0.319 e. The molecule has 4 fully saturated rings. The summed E-state index contributed by atoms with van der Waals surface area (Å²) in [5.74, 6) is 3.34. The zero-order chi connectivity index (χ0) is 15.1. The third-order valence-electron chi connectivity index (χ3n) is 5.87. The van der Waals surface area contributed by atoms with E-state index in [1.54, 1.807) is 11.8 Å². The van der Waals surface area contributed by atoms with E-state index in [2.05, 4.69) is 16.9 Å². The van der Waals surface area contributed by atoms with E-state index in [9.17, 15) is 4.79 Å². The van der Waals surface area contributed by atoms with Crippen LogP contribution in [0.3, 0.4) is 0 Å². The average Bonchev–Trinajstić information content (AvgIpc) is 2.51. The molecule has 4 heteroatoms.